The Morgan fingerprint density at radius 1 is 1.20 bits per heavy atom. The Morgan fingerprint density at radius 3 is 2.74 bits per heavy atom. The molecule has 0 aromatic heterocycles. The third-order valence-corrected chi connectivity index (χ3v) is 6.53. The number of amidine groups is 1. The monoisotopic (exact) mass is 489 g/mol. The summed E-state index contributed by atoms with van der Waals surface area (Å²) in [6.45, 7) is 5.96. The number of esters is 1. The van der Waals surface area contributed by atoms with Crippen molar-refractivity contribution in [2.24, 2.45) is 4.99 Å². The van der Waals surface area contributed by atoms with Gasteiger partial charge in [0, 0.05) is 12.2 Å². The summed E-state index contributed by atoms with van der Waals surface area (Å²) in [5.41, 5.74) is 3.61. The number of benzene rings is 2. The first-order chi connectivity index (χ1) is 17.0. The molecule has 0 radical (unpaired) electrons. The number of hydrogen-bond donors (Lipinski definition) is 1. The molecule has 4 rings (SSSR count). The number of fused-ring (bicyclic) bond motifs is 1. The SMILES string of the molecule is C=CCOC(=O)C1=C(C)N=C2SC=C(CC(=O)NCc3ccccc3)N2C1c1cccc(OC)c1. The van der Waals surface area contributed by atoms with Crippen molar-refractivity contribution in [2.45, 2.75) is 25.9 Å². The molecule has 0 bridgehead atoms. The van der Waals surface area contributed by atoms with Crippen molar-refractivity contribution in [1.29, 1.82) is 0 Å². The summed E-state index contributed by atoms with van der Waals surface area (Å²) in [6, 6.07) is 16.8. The van der Waals surface area contributed by atoms with Gasteiger partial charge in [-0.15, -0.1) is 0 Å². The number of hydrogen-bond acceptors (Lipinski definition) is 7. The summed E-state index contributed by atoms with van der Waals surface area (Å²) < 4.78 is 10.8. The van der Waals surface area contributed by atoms with Gasteiger partial charge in [0.2, 0.25) is 5.91 Å². The lowest BCUT2D eigenvalue weighted by Gasteiger charge is -2.36. The maximum Gasteiger partial charge on any atom is 0.338 e. The summed E-state index contributed by atoms with van der Waals surface area (Å²) in [4.78, 5) is 32.6. The molecule has 1 amide bonds. The fourth-order valence-electron chi connectivity index (χ4n) is 3.99. The molecule has 2 aromatic rings. The van der Waals surface area contributed by atoms with E-state index in [1.54, 1.807) is 14.0 Å². The van der Waals surface area contributed by atoms with Crippen LogP contribution >= 0.6 is 11.8 Å². The van der Waals surface area contributed by atoms with Crippen molar-refractivity contribution in [3.05, 3.63) is 101 Å². The van der Waals surface area contributed by atoms with E-state index in [1.807, 2.05) is 64.9 Å². The van der Waals surface area contributed by atoms with E-state index in [1.165, 1.54) is 17.8 Å². The summed E-state index contributed by atoms with van der Waals surface area (Å²) in [5.74, 6) is 0.0808. The minimum absolute atomic E-state index is 0.0936. The minimum atomic E-state index is -0.516. The quantitative estimate of drug-likeness (QED) is 0.406. The van der Waals surface area contributed by atoms with Gasteiger partial charge in [-0.05, 0) is 35.6 Å². The second-order valence-electron chi connectivity index (χ2n) is 8.00. The first-order valence-corrected chi connectivity index (χ1v) is 12.1. The van der Waals surface area contributed by atoms with Crippen molar-refractivity contribution in [2.75, 3.05) is 13.7 Å². The number of amides is 1. The largest absolute Gasteiger partial charge is 0.497 e. The molecular weight excluding hydrogens is 462 g/mol. The van der Waals surface area contributed by atoms with Gasteiger partial charge in [0.15, 0.2) is 5.17 Å². The number of rotatable bonds is 9. The Labute approximate surface area is 209 Å². The van der Waals surface area contributed by atoms with Gasteiger partial charge >= 0.3 is 5.97 Å². The van der Waals surface area contributed by atoms with Crippen LogP contribution in [0.4, 0.5) is 0 Å². The normalized spacial score (nSPS) is 16.7. The Kier molecular flexibility index (Phi) is 7.72. The first kappa shape index (κ1) is 24.3. The molecule has 2 heterocycles. The summed E-state index contributed by atoms with van der Waals surface area (Å²) in [5, 5.41) is 5.60. The summed E-state index contributed by atoms with van der Waals surface area (Å²) in [6.07, 6.45) is 1.67. The molecule has 8 heteroatoms. The first-order valence-electron chi connectivity index (χ1n) is 11.2. The number of aliphatic imine (C=N–C) groups is 1. The molecule has 7 nitrogen and oxygen atoms in total. The molecular formula is C27H27N3O4S. The van der Waals surface area contributed by atoms with Gasteiger partial charge in [0.05, 0.1) is 30.8 Å². The van der Waals surface area contributed by atoms with Crippen LogP contribution in [0.2, 0.25) is 0 Å². The molecule has 0 saturated carbocycles. The molecule has 0 fully saturated rings. The number of nitrogens with one attached hydrogen (secondary N) is 1. The number of allylic oxidation sites excluding steroid dienone is 1. The second kappa shape index (κ2) is 11.1. The molecule has 2 aliphatic heterocycles. The summed E-state index contributed by atoms with van der Waals surface area (Å²) in [7, 11) is 1.60. The van der Waals surface area contributed by atoms with Crippen LogP contribution in [0.3, 0.4) is 0 Å². The molecule has 1 unspecified atom stereocenters. The van der Waals surface area contributed by atoms with Crippen LogP contribution in [-0.4, -0.2) is 35.7 Å². The third kappa shape index (κ3) is 5.49. The van der Waals surface area contributed by atoms with Crippen molar-refractivity contribution in [3.63, 3.8) is 0 Å². The second-order valence-corrected chi connectivity index (χ2v) is 8.83. The predicted octanol–water partition coefficient (Wildman–Crippen LogP) is 4.71. The van der Waals surface area contributed by atoms with E-state index in [9.17, 15) is 9.59 Å². The van der Waals surface area contributed by atoms with Crippen LogP contribution in [-0.2, 0) is 20.9 Å². The average molecular weight is 490 g/mol. The van der Waals surface area contributed by atoms with Crippen molar-refractivity contribution in [1.82, 2.24) is 10.2 Å². The number of methoxy groups -OCH3 is 1. The zero-order valence-electron chi connectivity index (χ0n) is 19.7. The molecule has 180 valence electrons. The molecule has 35 heavy (non-hydrogen) atoms. The van der Waals surface area contributed by atoms with Crippen LogP contribution < -0.4 is 10.1 Å². The third-order valence-electron chi connectivity index (χ3n) is 5.64. The zero-order chi connectivity index (χ0) is 24.8. The Balaban J connectivity index is 1.63. The molecule has 0 spiro atoms. The van der Waals surface area contributed by atoms with Crippen molar-refractivity contribution >= 4 is 28.8 Å². The Bertz CT molecular complexity index is 1220. The lowest BCUT2D eigenvalue weighted by molar-refractivity contribution is -0.138. The molecule has 2 aromatic carbocycles. The summed E-state index contributed by atoms with van der Waals surface area (Å²) >= 11 is 1.43. The maximum atomic E-state index is 13.1. The number of carbonyl (C=O) groups excluding carboxylic acids is 2. The lowest BCUT2D eigenvalue weighted by atomic mass is 9.93. The highest BCUT2D eigenvalue weighted by Gasteiger charge is 2.41. The van der Waals surface area contributed by atoms with E-state index in [4.69, 9.17) is 9.47 Å². The predicted molar refractivity (Wildman–Crippen MR) is 137 cm³/mol. The van der Waals surface area contributed by atoms with E-state index in [2.05, 4.69) is 16.9 Å². The van der Waals surface area contributed by atoms with Gasteiger partial charge in [-0.1, -0.05) is 66.9 Å². The fraction of sp³-hybridized carbons (Fsp3) is 0.222. The van der Waals surface area contributed by atoms with Gasteiger partial charge in [-0.2, -0.15) is 0 Å². The highest BCUT2D eigenvalue weighted by molar-refractivity contribution is 8.16. The van der Waals surface area contributed by atoms with Crippen molar-refractivity contribution in [3.8, 4) is 5.75 Å². The Hall–Kier alpha value is -3.78. The van der Waals surface area contributed by atoms with Gasteiger partial charge in [0.1, 0.15) is 12.4 Å². The molecule has 1 atom stereocenters. The van der Waals surface area contributed by atoms with Crippen LogP contribution in [0, 0.1) is 0 Å². The lowest BCUT2D eigenvalue weighted by Crippen LogP contribution is -2.38. The number of nitrogens with zero attached hydrogens (tertiary/aromatic N) is 2. The Morgan fingerprint density at radius 2 is 2.00 bits per heavy atom. The van der Waals surface area contributed by atoms with Crippen LogP contribution in [0.1, 0.15) is 30.5 Å². The van der Waals surface area contributed by atoms with Gasteiger partial charge in [-0.3, -0.25) is 4.79 Å². The minimum Gasteiger partial charge on any atom is -0.497 e. The van der Waals surface area contributed by atoms with Crippen molar-refractivity contribution < 1.29 is 19.1 Å². The average Bonchev–Trinajstić information content (AvgIpc) is 3.27. The number of thioether (sulfide) groups is 1. The van der Waals surface area contributed by atoms with E-state index in [0.717, 1.165) is 16.8 Å². The zero-order valence-corrected chi connectivity index (χ0v) is 20.5. The van der Waals surface area contributed by atoms with Gasteiger partial charge in [0.25, 0.3) is 0 Å². The smallest absolute Gasteiger partial charge is 0.338 e. The van der Waals surface area contributed by atoms with E-state index >= 15 is 0 Å². The van der Waals surface area contributed by atoms with Crippen LogP contribution in [0.25, 0.3) is 0 Å². The topological polar surface area (TPSA) is 80.2 Å². The van der Waals surface area contributed by atoms with E-state index in [0.29, 0.717) is 28.7 Å². The molecule has 2 aliphatic rings. The molecule has 0 saturated heterocycles. The van der Waals surface area contributed by atoms with Gasteiger partial charge < -0.3 is 19.7 Å². The number of carbonyl (C=O) groups is 2. The van der Waals surface area contributed by atoms with E-state index in [-0.39, 0.29) is 18.9 Å². The molecule has 0 aliphatic carbocycles. The standard InChI is InChI=1S/C27H27N3O4S/c1-4-13-34-26(32)24-18(2)29-27-30(25(24)20-11-8-12-22(14-20)33-3)21(17-35-27)15-23(31)28-16-19-9-6-5-7-10-19/h4-12,14,17,25H,1,13,15-16H2,2-3H3,(H,28,31). The maximum absolute atomic E-state index is 13.1. The molecule has 1 N–H and O–H groups in total. The number of ether oxygens (including phenoxy) is 2. The highest BCUT2D eigenvalue weighted by Crippen LogP contribution is 2.45. The fourth-order valence-corrected chi connectivity index (χ4v) is 4.96. The van der Waals surface area contributed by atoms with E-state index < -0.39 is 12.0 Å². The van der Waals surface area contributed by atoms with Crippen LogP contribution in [0.5, 0.6) is 5.75 Å². The van der Waals surface area contributed by atoms with Gasteiger partial charge in [-0.25, -0.2) is 9.79 Å². The highest BCUT2D eigenvalue weighted by atomic mass is 32.2. The van der Waals surface area contributed by atoms with Crippen LogP contribution in [0.15, 0.2) is 94.6 Å².